The fourth-order valence-electron chi connectivity index (χ4n) is 6.22. The van der Waals surface area contributed by atoms with Gasteiger partial charge < -0.3 is 24.2 Å². The zero-order valence-corrected chi connectivity index (χ0v) is 28.6. The molecule has 0 saturated carbocycles. The molecule has 1 aliphatic rings. The van der Waals surface area contributed by atoms with Crippen LogP contribution in [0.1, 0.15) is 57.7 Å². The number of aliphatic hydroxyl groups is 1. The number of carbonyl (C=O) groups excluding carboxylic acids is 1. The van der Waals surface area contributed by atoms with Crippen molar-refractivity contribution >= 4 is 17.0 Å². The topological polar surface area (TPSA) is 94.0 Å². The van der Waals surface area contributed by atoms with Crippen LogP contribution in [0.2, 0.25) is 0 Å². The molecule has 254 valence electrons. The van der Waals surface area contributed by atoms with Gasteiger partial charge >= 0.3 is 6.09 Å². The summed E-state index contributed by atoms with van der Waals surface area (Å²) in [5, 5.41) is 12.7. The molecule has 1 N–H and O–H groups in total. The molecule has 1 atom stereocenters. The molecular formula is C40H42FN3O5. The summed E-state index contributed by atoms with van der Waals surface area (Å²) in [6, 6.07) is 28.2. The summed E-state index contributed by atoms with van der Waals surface area (Å²) >= 11 is 0. The number of nitrogens with zero attached hydrogens (tertiary/aromatic N) is 3. The standard InChI is InChI=1S/C40H42FN3O5/c1-38(2,3)49-37(45)44-19-18-40(46,39(4,5)26-44)31-21-29-20-30(23-42-35(29)33(41)22-31)32-16-17-34(47-24-27-12-8-6-9-13-27)43-36(32)48-25-28-14-10-7-11-15-28/h6-17,20-23,46H,18-19,24-26H2,1-5H3. The largest absolute Gasteiger partial charge is 0.473 e. The Hall–Kier alpha value is -5.02. The van der Waals surface area contributed by atoms with Crippen molar-refractivity contribution in [2.45, 2.75) is 65.5 Å². The molecule has 6 rings (SSSR count). The summed E-state index contributed by atoms with van der Waals surface area (Å²) in [7, 11) is 0. The molecule has 1 saturated heterocycles. The van der Waals surface area contributed by atoms with Crippen LogP contribution in [0.15, 0.2) is 97.2 Å². The number of rotatable bonds is 8. The molecule has 0 spiro atoms. The highest BCUT2D eigenvalue weighted by atomic mass is 19.1. The lowest BCUT2D eigenvalue weighted by atomic mass is 9.66. The van der Waals surface area contributed by atoms with E-state index in [9.17, 15) is 9.90 Å². The lowest BCUT2D eigenvalue weighted by Crippen LogP contribution is -2.57. The van der Waals surface area contributed by atoms with Crippen LogP contribution in [-0.2, 0) is 23.6 Å². The molecule has 1 fully saturated rings. The molecule has 0 bridgehead atoms. The monoisotopic (exact) mass is 663 g/mol. The van der Waals surface area contributed by atoms with Crippen molar-refractivity contribution in [1.82, 2.24) is 14.9 Å². The summed E-state index contributed by atoms with van der Waals surface area (Å²) in [4.78, 5) is 23.7. The van der Waals surface area contributed by atoms with Crippen LogP contribution in [0.3, 0.4) is 0 Å². The van der Waals surface area contributed by atoms with E-state index >= 15 is 4.39 Å². The summed E-state index contributed by atoms with van der Waals surface area (Å²) in [6.07, 6.45) is 1.37. The van der Waals surface area contributed by atoms with Crippen molar-refractivity contribution in [2.75, 3.05) is 13.1 Å². The van der Waals surface area contributed by atoms with Gasteiger partial charge in [0.25, 0.3) is 0 Å². The molecule has 1 unspecified atom stereocenters. The highest BCUT2D eigenvalue weighted by Crippen LogP contribution is 2.47. The minimum atomic E-state index is -1.42. The van der Waals surface area contributed by atoms with Gasteiger partial charge in [-0.2, -0.15) is 4.98 Å². The second-order valence-electron chi connectivity index (χ2n) is 14.2. The number of likely N-dealkylation sites (tertiary alicyclic amines) is 1. The minimum absolute atomic E-state index is 0.183. The fraction of sp³-hybridized carbons (Fsp3) is 0.325. The lowest BCUT2D eigenvalue weighted by molar-refractivity contribution is -0.123. The first-order valence-corrected chi connectivity index (χ1v) is 16.5. The maximum Gasteiger partial charge on any atom is 0.410 e. The van der Waals surface area contributed by atoms with E-state index in [2.05, 4.69) is 4.98 Å². The predicted molar refractivity (Wildman–Crippen MR) is 187 cm³/mol. The molecule has 0 aliphatic carbocycles. The number of halogens is 1. The Kier molecular flexibility index (Phi) is 9.31. The number of aromatic nitrogens is 2. The maximum absolute atomic E-state index is 15.7. The molecule has 49 heavy (non-hydrogen) atoms. The zero-order chi connectivity index (χ0) is 34.8. The van der Waals surface area contributed by atoms with Crippen molar-refractivity contribution in [3.63, 3.8) is 0 Å². The summed E-state index contributed by atoms with van der Waals surface area (Å²) in [5.74, 6) is 0.211. The van der Waals surface area contributed by atoms with E-state index in [1.165, 1.54) is 6.07 Å². The number of benzene rings is 3. The van der Waals surface area contributed by atoms with Crippen LogP contribution in [0, 0.1) is 11.2 Å². The summed E-state index contributed by atoms with van der Waals surface area (Å²) < 4.78 is 33.5. The highest BCUT2D eigenvalue weighted by molar-refractivity contribution is 5.86. The number of piperidine rings is 1. The number of amides is 1. The predicted octanol–water partition coefficient (Wildman–Crippen LogP) is 8.45. The SMILES string of the molecule is CC(C)(C)OC(=O)N1CCC(O)(c2cc(F)c3ncc(-c4ccc(OCc5ccccc5)nc4OCc4ccccc4)cc3c2)C(C)(C)C1. The minimum Gasteiger partial charge on any atom is -0.473 e. The Bertz CT molecular complexity index is 1950. The second kappa shape index (κ2) is 13.5. The molecule has 5 aromatic rings. The van der Waals surface area contributed by atoms with E-state index < -0.39 is 28.5 Å². The lowest BCUT2D eigenvalue weighted by Gasteiger charge is -2.50. The molecule has 3 aromatic carbocycles. The van der Waals surface area contributed by atoms with Gasteiger partial charge in [0.2, 0.25) is 11.8 Å². The van der Waals surface area contributed by atoms with Gasteiger partial charge in [0.05, 0.1) is 5.60 Å². The van der Waals surface area contributed by atoms with Gasteiger partial charge in [0, 0.05) is 47.3 Å². The third kappa shape index (κ3) is 7.52. The van der Waals surface area contributed by atoms with Gasteiger partial charge in [-0.1, -0.05) is 74.5 Å². The van der Waals surface area contributed by atoms with Crippen LogP contribution < -0.4 is 9.47 Å². The molecule has 2 aromatic heterocycles. The third-order valence-corrected chi connectivity index (χ3v) is 8.91. The Morgan fingerprint density at radius 1 is 0.918 bits per heavy atom. The average Bonchev–Trinajstić information content (AvgIpc) is 3.07. The van der Waals surface area contributed by atoms with Crippen molar-refractivity contribution in [3.05, 3.63) is 120 Å². The molecule has 9 heteroatoms. The second-order valence-corrected chi connectivity index (χ2v) is 14.2. The molecule has 1 aliphatic heterocycles. The summed E-state index contributed by atoms with van der Waals surface area (Å²) in [6.45, 7) is 10.3. The van der Waals surface area contributed by atoms with Crippen molar-refractivity contribution in [3.8, 4) is 22.9 Å². The fourth-order valence-corrected chi connectivity index (χ4v) is 6.22. The zero-order valence-electron chi connectivity index (χ0n) is 28.6. The first kappa shape index (κ1) is 33.9. The Balaban J connectivity index is 1.32. The van der Waals surface area contributed by atoms with E-state index in [0.29, 0.717) is 40.4 Å². The number of fused-ring (bicyclic) bond motifs is 1. The smallest absolute Gasteiger partial charge is 0.410 e. The molecule has 0 radical (unpaired) electrons. The normalized spacial score (nSPS) is 17.5. The quantitative estimate of drug-likeness (QED) is 0.178. The van der Waals surface area contributed by atoms with Gasteiger partial charge in [0.1, 0.15) is 30.1 Å². The number of hydrogen-bond acceptors (Lipinski definition) is 7. The van der Waals surface area contributed by atoms with Crippen LogP contribution in [-0.4, -0.2) is 44.8 Å². The number of ether oxygens (including phenoxy) is 3. The average molecular weight is 664 g/mol. The van der Waals surface area contributed by atoms with Crippen molar-refractivity contribution in [2.24, 2.45) is 5.41 Å². The Morgan fingerprint density at radius 2 is 1.57 bits per heavy atom. The molecule has 3 heterocycles. The van der Waals surface area contributed by atoms with Crippen molar-refractivity contribution in [1.29, 1.82) is 0 Å². The first-order chi connectivity index (χ1) is 23.3. The third-order valence-electron chi connectivity index (χ3n) is 8.91. The summed E-state index contributed by atoms with van der Waals surface area (Å²) in [5.41, 5.74) is 1.05. The Labute approximate surface area is 286 Å². The van der Waals surface area contributed by atoms with E-state index in [1.54, 1.807) is 23.2 Å². The van der Waals surface area contributed by atoms with Gasteiger partial charge in [-0.15, -0.1) is 0 Å². The van der Waals surface area contributed by atoms with Crippen LogP contribution in [0.4, 0.5) is 9.18 Å². The number of carbonyl (C=O) groups is 1. The molecular weight excluding hydrogens is 621 g/mol. The van der Waals surface area contributed by atoms with E-state index in [4.69, 9.17) is 19.2 Å². The maximum atomic E-state index is 15.7. The van der Waals surface area contributed by atoms with Gasteiger partial charge in [-0.3, -0.25) is 4.98 Å². The van der Waals surface area contributed by atoms with E-state index in [1.807, 2.05) is 107 Å². The number of pyridine rings is 2. The van der Waals surface area contributed by atoms with E-state index in [-0.39, 0.29) is 31.6 Å². The first-order valence-electron chi connectivity index (χ1n) is 16.5. The van der Waals surface area contributed by atoms with Gasteiger partial charge in [-0.05, 0) is 68.1 Å². The highest BCUT2D eigenvalue weighted by Gasteiger charge is 2.50. The van der Waals surface area contributed by atoms with Crippen LogP contribution in [0.5, 0.6) is 11.8 Å². The van der Waals surface area contributed by atoms with Gasteiger partial charge in [0.15, 0.2) is 0 Å². The van der Waals surface area contributed by atoms with Crippen LogP contribution in [0.25, 0.3) is 22.0 Å². The van der Waals surface area contributed by atoms with Crippen LogP contribution >= 0.6 is 0 Å². The molecule has 1 amide bonds. The Morgan fingerprint density at radius 3 is 2.20 bits per heavy atom. The van der Waals surface area contributed by atoms with Gasteiger partial charge in [-0.25, -0.2) is 9.18 Å². The van der Waals surface area contributed by atoms with Crippen molar-refractivity contribution < 1.29 is 28.5 Å². The molecule has 8 nitrogen and oxygen atoms in total. The number of hydrogen-bond donors (Lipinski definition) is 1. The van der Waals surface area contributed by atoms with E-state index in [0.717, 1.165) is 11.1 Å².